The van der Waals surface area contributed by atoms with Crippen LogP contribution in [0.3, 0.4) is 0 Å². The molecule has 0 bridgehead atoms. The predicted molar refractivity (Wildman–Crippen MR) is 69.6 cm³/mol. The van der Waals surface area contributed by atoms with Gasteiger partial charge in [0.1, 0.15) is 12.5 Å². The monoisotopic (exact) mass is 328 g/mol. The number of halogens is 6. The summed E-state index contributed by atoms with van der Waals surface area (Å²) in [6.45, 7) is 1.04. The Kier molecular flexibility index (Phi) is 5.06. The average Bonchev–Trinajstić information content (AvgIpc) is 2.44. The van der Waals surface area contributed by atoms with Crippen molar-refractivity contribution in [3.63, 3.8) is 0 Å². The molecular weight excluding hydrogens is 315 g/mol. The second-order valence-corrected chi connectivity index (χ2v) is 5.22. The van der Waals surface area contributed by atoms with Crippen LogP contribution in [-0.4, -0.2) is 37.8 Å². The van der Waals surface area contributed by atoms with E-state index in [9.17, 15) is 22.0 Å². The van der Waals surface area contributed by atoms with Crippen molar-refractivity contribution in [2.75, 3.05) is 32.9 Å². The third-order valence-corrected chi connectivity index (χ3v) is 3.76. The van der Waals surface area contributed by atoms with Gasteiger partial charge in [-0.15, -0.1) is 0 Å². The lowest BCUT2D eigenvalue weighted by Crippen LogP contribution is -2.46. The van der Waals surface area contributed by atoms with Gasteiger partial charge in [0, 0.05) is 31.7 Å². The summed E-state index contributed by atoms with van der Waals surface area (Å²) in [7, 11) is 0. The number of piperazine rings is 1. The Labute approximate surface area is 123 Å². The van der Waals surface area contributed by atoms with Crippen LogP contribution in [0.25, 0.3) is 0 Å². The lowest BCUT2D eigenvalue weighted by atomic mass is 10.0. The van der Waals surface area contributed by atoms with Gasteiger partial charge in [0.05, 0.1) is 16.6 Å². The fourth-order valence-electron chi connectivity index (χ4n) is 2.39. The summed E-state index contributed by atoms with van der Waals surface area (Å²) >= 11 is 5.54. The topological polar surface area (TPSA) is 15.3 Å². The largest absolute Gasteiger partial charge is 0.416 e. The Bertz CT molecular complexity index is 500. The summed E-state index contributed by atoms with van der Waals surface area (Å²) in [5, 5.41) is 2.40. The molecule has 1 saturated heterocycles. The van der Waals surface area contributed by atoms with E-state index in [2.05, 4.69) is 5.32 Å². The summed E-state index contributed by atoms with van der Waals surface area (Å²) in [5.74, 6) is -0.995. The Morgan fingerprint density at radius 2 is 1.86 bits per heavy atom. The second kappa shape index (κ2) is 6.46. The molecule has 1 aromatic carbocycles. The minimum atomic E-state index is -4.66. The van der Waals surface area contributed by atoms with Crippen LogP contribution in [0.15, 0.2) is 12.1 Å². The van der Waals surface area contributed by atoms with Crippen LogP contribution in [-0.2, 0) is 6.18 Å². The molecule has 2 rings (SSSR count). The molecule has 1 atom stereocenters. The average molecular weight is 329 g/mol. The zero-order chi connectivity index (χ0) is 15.6. The first kappa shape index (κ1) is 16.5. The van der Waals surface area contributed by atoms with Crippen LogP contribution in [0.2, 0.25) is 5.02 Å². The summed E-state index contributed by atoms with van der Waals surface area (Å²) < 4.78 is 65.7. The van der Waals surface area contributed by atoms with E-state index < -0.39 is 35.3 Å². The maximum atomic E-state index is 14.1. The first-order valence-electron chi connectivity index (χ1n) is 6.41. The molecule has 0 saturated carbocycles. The highest BCUT2D eigenvalue weighted by Gasteiger charge is 2.34. The number of rotatable bonds is 3. The molecule has 2 nitrogen and oxygen atoms in total. The van der Waals surface area contributed by atoms with Gasteiger partial charge >= 0.3 is 6.18 Å². The smallest absolute Gasteiger partial charge is 0.314 e. The molecule has 1 heterocycles. The number of nitrogens with one attached hydrogen (secondary N) is 1. The van der Waals surface area contributed by atoms with E-state index in [1.165, 1.54) is 0 Å². The Morgan fingerprint density at radius 1 is 1.24 bits per heavy atom. The van der Waals surface area contributed by atoms with Gasteiger partial charge in [-0.3, -0.25) is 4.90 Å². The van der Waals surface area contributed by atoms with E-state index in [0.717, 1.165) is 0 Å². The van der Waals surface area contributed by atoms with E-state index in [1.807, 2.05) is 0 Å². The molecule has 118 valence electrons. The van der Waals surface area contributed by atoms with Crippen molar-refractivity contribution in [2.45, 2.75) is 12.2 Å². The van der Waals surface area contributed by atoms with Crippen molar-refractivity contribution < 1.29 is 22.0 Å². The highest BCUT2D eigenvalue weighted by atomic mass is 35.5. The summed E-state index contributed by atoms with van der Waals surface area (Å²) in [5.41, 5.74) is -1.42. The van der Waals surface area contributed by atoms with E-state index in [4.69, 9.17) is 11.6 Å². The predicted octanol–water partition coefficient (Wildman–Crippen LogP) is 3.41. The van der Waals surface area contributed by atoms with Gasteiger partial charge in [-0.25, -0.2) is 8.78 Å². The number of benzene rings is 1. The van der Waals surface area contributed by atoms with Gasteiger partial charge in [-0.1, -0.05) is 11.6 Å². The molecule has 1 N–H and O–H groups in total. The van der Waals surface area contributed by atoms with Crippen molar-refractivity contribution in [3.8, 4) is 0 Å². The van der Waals surface area contributed by atoms with Crippen LogP contribution in [0, 0.1) is 5.82 Å². The third kappa shape index (κ3) is 3.64. The SMILES string of the molecule is FC[C@H](c1cc(C(F)(F)F)cc(Cl)c1F)N1CCNCC1. The van der Waals surface area contributed by atoms with E-state index in [-0.39, 0.29) is 5.56 Å². The highest BCUT2D eigenvalue weighted by molar-refractivity contribution is 6.30. The molecule has 0 aromatic heterocycles. The molecule has 0 radical (unpaired) electrons. The van der Waals surface area contributed by atoms with Gasteiger partial charge < -0.3 is 5.32 Å². The van der Waals surface area contributed by atoms with Crippen molar-refractivity contribution in [3.05, 3.63) is 34.1 Å². The third-order valence-electron chi connectivity index (χ3n) is 3.48. The summed E-state index contributed by atoms with van der Waals surface area (Å²) in [6, 6.07) is 0.105. The number of hydrogen-bond donors (Lipinski definition) is 1. The first-order valence-corrected chi connectivity index (χ1v) is 6.79. The Balaban J connectivity index is 2.42. The zero-order valence-corrected chi connectivity index (χ0v) is 11.7. The van der Waals surface area contributed by atoms with Gasteiger partial charge in [0.25, 0.3) is 0 Å². The van der Waals surface area contributed by atoms with Crippen molar-refractivity contribution >= 4 is 11.6 Å². The van der Waals surface area contributed by atoms with Crippen LogP contribution >= 0.6 is 11.6 Å². The normalized spacial score (nSPS) is 18.8. The van der Waals surface area contributed by atoms with Gasteiger partial charge in [-0.2, -0.15) is 13.2 Å². The van der Waals surface area contributed by atoms with Crippen LogP contribution in [0.4, 0.5) is 22.0 Å². The summed E-state index contributed by atoms with van der Waals surface area (Å²) in [4.78, 5) is 1.62. The fourth-order valence-corrected chi connectivity index (χ4v) is 2.61. The molecule has 0 spiro atoms. The maximum Gasteiger partial charge on any atom is 0.416 e. The van der Waals surface area contributed by atoms with E-state index >= 15 is 0 Å². The van der Waals surface area contributed by atoms with Crippen LogP contribution in [0.1, 0.15) is 17.2 Å². The lowest BCUT2D eigenvalue weighted by molar-refractivity contribution is -0.137. The quantitative estimate of drug-likeness (QED) is 0.855. The molecule has 1 aliphatic rings. The van der Waals surface area contributed by atoms with Gasteiger partial charge in [0.15, 0.2) is 0 Å². The minimum absolute atomic E-state index is 0.348. The van der Waals surface area contributed by atoms with Gasteiger partial charge in [-0.05, 0) is 12.1 Å². The van der Waals surface area contributed by atoms with Crippen LogP contribution in [0.5, 0.6) is 0 Å². The van der Waals surface area contributed by atoms with Crippen molar-refractivity contribution in [2.24, 2.45) is 0 Å². The molecule has 0 amide bonds. The lowest BCUT2D eigenvalue weighted by Gasteiger charge is -2.34. The molecule has 1 fully saturated rings. The maximum absolute atomic E-state index is 14.1. The molecule has 1 aliphatic heterocycles. The second-order valence-electron chi connectivity index (χ2n) is 4.82. The molecule has 21 heavy (non-hydrogen) atoms. The fraction of sp³-hybridized carbons (Fsp3) is 0.538. The van der Waals surface area contributed by atoms with Gasteiger partial charge in [0.2, 0.25) is 0 Å². The number of hydrogen-bond acceptors (Lipinski definition) is 2. The van der Waals surface area contributed by atoms with E-state index in [1.54, 1.807) is 4.90 Å². The molecular formula is C13H14ClF5N2. The minimum Gasteiger partial charge on any atom is -0.314 e. The first-order chi connectivity index (χ1) is 9.84. The Hall–Kier alpha value is -0.920. The molecule has 1 aromatic rings. The summed E-state index contributed by atoms with van der Waals surface area (Å²) in [6.07, 6.45) is -4.66. The standard InChI is InChI=1S/C13H14ClF5N2/c14-10-6-8(13(17,18)19)5-9(12(10)16)11(7-15)21-3-1-20-2-4-21/h5-6,11,20H,1-4,7H2/t11-/m1/s1. The number of alkyl halides is 4. The molecule has 8 heteroatoms. The van der Waals surface area contributed by atoms with Crippen LogP contribution < -0.4 is 5.32 Å². The van der Waals surface area contributed by atoms with E-state index in [0.29, 0.717) is 38.3 Å². The van der Waals surface area contributed by atoms with Crippen molar-refractivity contribution in [1.29, 1.82) is 0 Å². The number of nitrogens with zero attached hydrogens (tertiary/aromatic N) is 1. The Morgan fingerprint density at radius 3 is 2.38 bits per heavy atom. The van der Waals surface area contributed by atoms with Crippen molar-refractivity contribution in [1.82, 2.24) is 10.2 Å². The molecule has 0 unspecified atom stereocenters. The molecule has 0 aliphatic carbocycles. The highest BCUT2D eigenvalue weighted by Crippen LogP contribution is 2.36. The zero-order valence-electron chi connectivity index (χ0n) is 11.0.